The number of hydrogen-bond acceptors (Lipinski definition) is 4. The van der Waals surface area contributed by atoms with Crippen molar-refractivity contribution in [2.24, 2.45) is 0 Å². The molecule has 5 heteroatoms. The molecule has 1 aromatic carbocycles. The lowest BCUT2D eigenvalue weighted by molar-refractivity contribution is -0.111. The first kappa shape index (κ1) is 9.39. The van der Waals surface area contributed by atoms with Gasteiger partial charge in [0.15, 0.2) is 5.52 Å². The molecule has 0 radical (unpaired) electrons. The Kier molecular flexibility index (Phi) is 2.21. The quantitative estimate of drug-likeness (QED) is 0.753. The van der Waals surface area contributed by atoms with E-state index in [1.54, 1.807) is 6.07 Å². The van der Waals surface area contributed by atoms with E-state index >= 15 is 0 Å². The van der Waals surface area contributed by atoms with Crippen molar-refractivity contribution in [3.8, 4) is 0 Å². The van der Waals surface area contributed by atoms with E-state index in [1.807, 2.05) is 13.0 Å². The second kappa shape index (κ2) is 3.53. The van der Waals surface area contributed by atoms with Gasteiger partial charge in [-0.05, 0) is 34.9 Å². The normalized spacial score (nSPS) is 10.2. The Labute approximate surface area is 85.7 Å². The van der Waals surface area contributed by atoms with Gasteiger partial charge in [0.2, 0.25) is 5.91 Å². The molecule has 0 atom stereocenters. The van der Waals surface area contributed by atoms with Gasteiger partial charge in [-0.25, -0.2) is 4.63 Å². The van der Waals surface area contributed by atoms with Crippen molar-refractivity contribution in [2.75, 3.05) is 5.32 Å². The fourth-order valence-electron chi connectivity index (χ4n) is 1.28. The zero-order chi connectivity index (χ0) is 10.8. The van der Waals surface area contributed by atoms with E-state index in [0.717, 1.165) is 5.56 Å². The molecule has 1 N–H and O–H groups in total. The molecule has 0 bridgehead atoms. The molecule has 1 heterocycles. The number of carbonyl (C=O) groups is 1. The molecule has 0 aliphatic heterocycles. The molecule has 1 amide bonds. The lowest BCUT2D eigenvalue weighted by Gasteiger charge is -2.05. The Morgan fingerprint density at radius 2 is 2.33 bits per heavy atom. The van der Waals surface area contributed by atoms with Crippen molar-refractivity contribution in [1.29, 1.82) is 0 Å². The predicted octanol–water partition coefficient (Wildman–Crippen LogP) is 1.66. The summed E-state index contributed by atoms with van der Waals surface area (Å²) in [6.07, 6.45) is 1.20. The van der Waals surface area contributed by atoms with Crippen LogP contribution < -0.4 is 5.32 Å². The Morgan fingerprint density at radius 3 is 3.07 bits per heavy atom. The Morgan fingerprint density at radius 1 is 1.53 bits per heavy atom. The first-order valence-corrected chi connectivity index (χ1v) is 4.37. The molecule has 0 saturated carbocycles. The van der Waals surface area contributed by atoms with Crippen molar-refractivity contribution >= 4 is 22.6 Å². The van der Waals surface area contributed by atoms with E-state index in [-0.39, 0.29) is 5.91 Å². The third-order valence-electron chi connectivity index (χ3n) is 2.07. The summed E-state index contributed by atoms with van der Waals surface area (Å²) in [6, 6.07) is 3.62. The summed E-state index contributed by atoms with van der Waals surface area (Å²) in [4.78, 5) is 11.2. The maximum absolute atomic E-state index is 11.2. The second-order valence-electron chi connectivity index (χ2n) is 3.08. The summed E-state index contributed by atoms with van der Waals surface area (Å²) in [5.74, 6) is -0.284. The number of aromatic nitrogens is 2. The highest BCUT2D eigenvalue weighted by Crippen LogP contribution is 2.24. The van der Waals surface area contributed by atoms with Gasteiger partial charge in [-0.3, -0.25) is 4.79 Å². The average molecular weight is 203 g/mol. The van der Waals surface area contributed by atoms with Crippen LogP contribution in [0, 0.1) is 6.92 Å². The maximum atomic E-state index is 11.2. The van der Waals surface area contributed by atoms with Gasteiger partial charge >= 0.3 is 0 Å². The SMILES string of the molecule is C=CC(=O)Nc1c(C)ccc2nonc12. The molecule has 0 saturated heterocycles. The summed E-state index contributed by atoms with van der Waals surface area (Å²) in [5.41, 5.74) is 2.66. The number of amides is 1. The minimum absolute atomic E-state index is 0.284. The second-order valence-corrected chi connectivity index (χ2v) is 3.08. The van der Waals surface area contributed by atoms with Crippen LogP contribution in [0.5, 0.6) is 0 Å². The van der Waals surface area contributed by atoms with Crippen molar-refractivity contribution in [3.63, 3.8) is 0 Å². The van der Waals surface area contributed by atoms with Crippen molar-refractivity contribution < 1.29 is 9.42 Å². The smallest absolute Gasteiger partial charge is 0.247 e. The first-order valence-electron chi connectivity index (χ1n) is 4.37. The summed E-state index contributed by atoms with van der Waals surface area (Å²) in [6.45, 7) is 5.25. The third-order valence-corrected chi connectivity index (χ3v) is 2.07. The largest absolute Gasteiger partial charge is 0.320 e. The fraction of sp³-hybridized carbons (Fsp3) is 0.100. The van der Waals surface area contributed by atoms with E-state index in [9.17, 15) is 4.79 Å². The van der Waals surface area contributed by atoms with Crippen LogP contribution in [0.4, 0.5) is 5.69 Å². The Balaban J connectivity index is 2.56. The lowest BCUT2D eigenvalue weighted by atomic mass is 10.1. The van der Waals surface area contributed by atoms with Gasteiger partial charge in [0.25, 0.3) is 0 Å². The van der Waals surface area contributed by atoms with Crippen molar-refractivity contribution in [3.05, 3.63) is 30.4 Å². The van der Waals surface area contributed by atoms with Crippen LogP contribution in [-0.2, 0) is 4.79 Å². The van der Waals surface area contributed by atoms with Crippen molar-refractivity contribution in [2.45, 2.75) is 6.92 Å². The molecule has 0 aliphatic rings. The van der Waals surface area contributed by atoms with Crippen LogP contribution in [0.1, 0.15) is 5.56 Å². The van der Waals surface area contributed by atoms with Gasteiger partial charge in [0.1, 0.15) is 5.52 Å². The van der Waals surface area contributed by atoms with E-state index in [1.165, 1.54) is 6.08 Å². The third kappa shape index (κ3) is 1.59. The summed E-state index contributed by atoms with van der Waals surface area (Å²) >= 11 is 0. The molecule has 2 rings (SSSR count). The lowest BCUT2D eigenvalue weighted by Crippen LogP contribution is -2.09. The molecule has 1 aromatic heterocycles. The van der Waals surface area contributed by atoms with E-state index in [2.05, 4.69) is 26.8 Å². The molecule has 76 valence electrons. The van der Waals surface area contributed by atoms with Gasteiger partial charge in [-0.1, -0.05) is 12.6 Å². The van der Waals surface area contributed by atoms with Gasteiger partial charge in [-0.2, -0.15) is 0 Å². The molecule has 2 aromatic rings. The number of aryl methyl sites for hydroxylation is 1. The predicted molar refractivity (Wildman–Crippen MR) is 55.4 cm³/mol. The summed E-state index contributed by atoms with van der Waals surface area (Å²) < 4.78 is 4.60. The molecule has 15 heavy (non-hydrogen) atoms. The van der Waals surface area contributed by atoms with Gasteiger partial charge in [-0.15, -0.1) is 0 Å². The average Bonchev–Trinajstić information content (AvgIpc) is 2.70. The van der Waals surface area contributed by atoms with Gasteiger partial charge in [0.05, 0.1) is 5.69 Å². The number of anilines is 1. The van der Waals surface area contributed by atoms with E-state index < -0.39 is 0 Å². The van der Waals surface area contributed by atoms with Crippen molar-refractivity contribution in [1.82, 2.24) is 10.3 Å². The van der Waals surface area contributed by atoms with Gasteiger partial charge < -0.3 is 5.32 Å². The number of rotatable bonds is 2. The number of benzene rings is 1. The minimum atomic E-state index is -0.284. The topological polar surface area (TPSA) is 68.0 Å². The number of nitrogens with one attached hydrogen (secondary N) is 1. The number of nitrogens with zero attached hydrogens (tertiary/aromatic N) is 2. The molecule has 0 spiro atoms. The first-order chi connectivity index (χ1) is 7.22. The molecule has 0 fully saturated rings. The number of hydrogen-bond donors (Lipinski definition) is 1. The molecular formula is C10H9N3O2. The highest BCUT2D eigenvalue weighted by molar-refractivity contribution is 6.04. The summed E-state index contributed by atoms with van der Waals surface area (Å²) in [7, 11) is 0. The minimum Gasteiger partial charge on any atom is -0.320 e. The highest BCUT2D eigenvalue weighted by atomic mass is 16.6. The molecule has 0 unspecified atom stereocenters. The Bertz CT molecular complexity index is 530. The zero-order valence-corrected chi connectivity index (χ0v) is 8.15. The van der Waals surface area contributed by atoms with Crippen LogP contribution in [0.15, 0.2) is 29.4 Å². The van der Waals surface area contributed by atoms with Crippen LogP contribution in [0.3, 0.4) is 0 Å². The molecule has 0 aliphatic carbocycles. The standard InChI is InChI=1S/C10H9N3O2/c1-3-8(14)11-9-6(2)4-5-7-10(9)13-15-12-7/h3-5H,1H2,2H3,(H,11,14). The number of fused-ring (bicyclic) bond motifs is 1. The monoisotopic (exact) mass is 203 g/mol. The van der Waals surface area contributed by atoms with Gasteiger partial charge in [0, 0.05) is 0 Å². The van der Waals surface area contributed by atoms with Crippen LogP contribution >= 0.6 is 0 Å². The van der Waals surface area contributed by atoms with E-state index in [0.29, 0.717) is 16.7 Å². The molecule has 5 nitrogen and oxygen atoms in total. The maximum Gasteiger partial charge on any atom is 0.247 e. The fourth-order valence-corrected chi connectivity index (χ4v) is 1.28. The number of carbonyl (C=O) groups excluding carboxylic acids is 1. The summed E-state index contributed by atoms with van der Waals surface area (Å²) in [5, 5.41) is 10.1. The van der Waals surface area contributed by atoms with E-state index in [4.69, 9.17) is 0 Å². The van der Waals surface area contributed by atoms with Crippen LogP contribution in [0.25, 0.3) is 11.0 Å². The van der Waals surface area contributed by atoms with Crippen LogP contribution in [0.2, 0.25) is 0 Å². The Hall–Kier alpha value is -2.17. The zero-order valence-electron chi connectivity index (χ0n) is 8.15. The van der Waals surface area contributed by atoms with Crippen LogP contribution in [-0.4, -0.2) is 16.2 Å². The highest BCUT2D eigenvalue weighted by Gasteiger charge is 2.10. The molecular weight excluding hydrogens is 194 g/mol.